The van der Waals surface area contributed by atoms with Crippen molar-refractivity contribution in [2.75, 3.05) is 37.7 Å². The number of aliphatic hydroxyl groups is 1. The molecule has 6 atom stereocenters. The zero-order chi connectivity index (χ0) is 27.6. The van der Waals surface area contributed by atoms with Crippen molar-refractivity contribution in [2.45, 2.75) is 48.8 Å². The van der Waals surface area contributed by atoms with E-state index >= 15 is 0 Å². The summed E-state index contributed by atoms with van der Waals surface area (Å²) in [6, 6.07) is 5.95. The molecule has 8 nitrogen and oxygen atoms in total. The van der Waals surface area contributed by atoms with Crippen molar-refractivity contribution in [1.29, 1.82) is 0 Å². The van der Waals surface area contributed by atoms with Gasteiger partial charge in [-0.15, -0.1) is 13.2 Å². The van der Waals surface area contributed by atoms with Gasteiger partial charge >= 0.3 is 0 Å². The highest BCUT2D eigenvalue weighted by Crippen LogP contribution is 2.60. The number of fused-ring (bicyclic) bond motifs is 1. The molecule has 206 valence electrons. The number of ether oxygens (including phenoxy) is 1. The molecule has 1 spiro atoms. The number of carbonyl (C=O) groups excluding carboxylic acids is 3. The van der Waals surface area contributed by atoms with Crippen molar-refractivity contribution in [3.8, 4) is 0 Å². The van der Waals surface area contributed by atoms with Crippen molar-refractivity contribution in [2.24, 2.45) is 11.8 Å². The maximum absolute atomic E-state index is 14.4. The molecule has 3 unspecified atom stereocenters. The van der Waals surface area contributed by atoms with Crippen molar-refractivity contribution >= 4 is 50.9 Å². The number of hydrogen-bond acceptors (Lipinski definition) is 5. The Morgan fingerprint density at radius 3 is 2.53 bits per heavy atom. The zero-order valence-corrected chi connectivity index (χ0v) is 23.9. The van der Waals surface area contributed by atoms with Gasteiger partial charge in [-0.25, -0.2) is 0 Å². The van der Waals surface area contributed by atoms with Crippen LogP contribution >= 0.6 is 27.5 Å². The lowest BCUT2D eigenvalue weighted by Gasteiger charge is -2.37. The van der Waals surface area contributed by atoms with E-state index < -0.39 is 29.6 Å². The van der Waals surface area contributed by atoms with Crippen LogP contribution in [-0.2, 0) is 19.1 Å². The Kier molecular flexibility index (Phi) is 9.02. The van der Waals surface area contributed by atoms with Crippen LogP contribution in [0.2, 0.25) is 5.02 Å². The molecule has 1 N–H and O–H groups in total. The second kappa shape index (κ2) is 11.9. The van der Waals surface area contributed by atoms with E-state index in [1.165, 1.54) is 4.90 Å². The van der Waals surface area contributed by atoms with E-state index in [2.05, 4.69) is 29.1 Å². The average Bonchev–Trinajstić information content (AvgIpc) is 3.49. The molecule has 0 saturated carbocycles. The Hall–Kier alpha value is -2.20. The first kappa shape index (κ1) is 28.8. The molecule has 0 aromatic heterocycles. The highest BCUT2D eigenvalue weighted by Gasteiger charge is 2.76. The number of aliphatic hydroxyl groups excluding tert-OH is 1. The maximum Gasteiger partial charge on any atom is 0.253 e. The molecule has 3 amide bonds. The lowest BCUT2D eigenvalue weighted by atomic mass is 9.70. The van der Waals surface area contributed by atoms with Crippen LogP contribution in [0.5, 0.6) is 0 Å². The highest BCUT2D eigenvalue weighted by atomic mass is 79.9. The average molecular weight is 609 g/mol. The molecule has 3 fully saturated rings. The molecule has 38 heavy (non-hydrogen) atoms. The van der Waals surface area contributed by atoms with Crippen LogP contribution in [0.1, 0.15) is 26.2 Å². The molecule has 1 aromatic rings. The smallest absolute Gasteiger partial charge is 0.253 e. The van der Waals surface area contributed by atoms with Gasteiger partial charge in [0.2, 0.25) is 11.8 Å². The minimum absolute atomic E-state index is 0.133. The molecule has 0 radical (unpaired) electrons. The summed E-state index contributed by atoms with van der Waals surface area (Å²) in [7, 11) is 0. The van der Waals surface area contributed by atoms with E-state index in [1.807, 2.05) is 6.92 Å². The Bertz CT molecular complexity index is 1080. The van der Waals surface area contributed by atoms with Crippen molar-refractivity contribution in [1.82, 2.24) is 9.80 Å². The van der Waals surface area contributed by atoms with Crippen LogP contribution in [0, 0.1) is 11.8 Å². The van der Waals surface area contributed by atoms with Gasteiger partial charge in [-0.3, -0.25) is 14.4 Å². The number of benzene rings is 1. The summed E-state index contributed by atoms with van der Waals surface area (Å²) in [4.78, 5) is 46.9. The van der Waals surface area contributed by atoms with Gasteiger partial charge in [-0.05, 0) is 43.5 Å². The first-order chi connectivity index (χ1) is 18.2. The molecule has 3 aliphatic rings. The Balaban J connectivity index is 1.78. The third-order valence-corrected chi connectivity index (χ3v) is 8.83. The molecule has 2 bridgehead atoms. The molecule has 10 heteroatoms. The summed E-state index contributed by atoms with van der Waals surface area (Å²) in [6.45, 7) is 10.8. The van der Waals surface area contributed by atoms with E-state index in [0.717, 1.165) is 6.42 Å². The fourth-order valence-corrected chi connectivity index (χ4v) is 7.39. The van der Waals surface area contributed by atoms with Crippen LogP contribution in [0.3, 0.4) is 0 Å². The number of amides is 3. The summed E-state index contributed by atoms with van der Waals surface area (Å²) in [5, 5.41) is 10.1. The maximum atomic E-state index is 14.4. The molecule has 0 aliphatic carbocycles. The molecule has 4 rings (SSSR count). The van der Waals surface area contributed by atoms with Gasteiger partial charge in [0.1, 0.15) is 11.6 Å². The van der Waals surface area contributed by atoms with E-state index in [1.54, 1.807) is 46.2 Å². The van der Waals surface area contributed by atoms with Crippen LogP contribution in [-0.4, -0.2) is 88.0 Å². The van der Waals surface area contributed by atoms with E-state index in [-0.39, 0.29) is 42.2 Å². The number of hydrogen-bond donors (Lipinski definition) is 1. The Labute approximate surface area is 237 Å². The number of anilines is 1. The number of halogens is 2. The topological polar surface area (TPSA) is 90.4 Å². The first-order valence-corrected chi connectivity index (χ1v) is 14.4. The standard InChI is InChI=1S/C28H35BrClN3O5/c1-4-12-31(13-5-2)25(35)21-22-26(36)33(15-7-16-34)24(28(22)17-20(29)23(21)38-28)27(37)32(14-6-3)19-10-8-18(30)9-11-19/h4,6,8-11,20-24,34H,1,3,5,7,12-17H2,2H3/t20?,21-,22-,23-,24?,28?/m0/s1. The SMILES string of the molecule is C=CCN(CCC)C(=O)[C@H]1[C@H]2C(=O)N(CCCO)C(C(=O)N(CC=C)c3ccc(Cl)cc3)C23CC(Br)[C@@H]1O3. The first-order valence-electron chi connectivity index (χ1n) is 13.1. The van der Waals surface area contributed by atoms with Gasteiger partial charge in [-0.1, -0.05) is 46.6 Å². The molecule has 3 heterocycles. The van der Waals surface area contributed by atoms with Crippen molar-refractivity contribution < 1.29 is 24.2 Å². The van der Waals surface area contributed by atoms with Gasteiger partial charge in [0.05, 0.1) is 17.9 Å². The lowest BCUT2D eigenvalue weighted by Crippen LogP contribution is -2.57. The second-order valence-corrected chi connectivity index (χ2v) is 11.7. The van der Waals surface area contributed by atoms with Crippen molar-refractivity contribution in [3.05, 3.63) is 54.6 Å². The number of carbonyl (C=O) groups is 3. The van der Waals surface area contributed by atoms with Crippen LogP contribution in [0.25, 0.3) is 0 Å². The van der Waals surface area contributed by atoms with Gasteiger partial charge in [0.15, 0.2) is 0 Å². The summed E-state index contributed by atoms with van der Waals surface area (Å²) in [5.74, 6) is -2.25. The van der Waals surface area contributed by atoms with E-state index in [9.17, 15) is 19.5 Å². The number of rotatable bonds is 12. The Morgan fingerprint density at radius 1 is 1.24 bits per heavy atom. The monoisotopic (exact) mass is 607 g/mol. The normalized spacial score (nSPS) is 29.3. The third-order valence-electron chi connectivity index (χ3n) is 7.74. The summed E-state index contributed by atoms with van der Waals surface area (Å²) in [5.41, 5.74) is -0.551. The summed E-state index contributed by atoms with van der Waals surface area (Å²) >= 11 is 9.80. The van der Waals surface area contributed by atoms with Gasteiger partial charge < -0.3 is 24.5 Å². The van der Waals surface area contributed by atoms with E-state index in [0.29, 0.717) is 36.6 Å². The van der Waals surface area contributed by atoms with Crippen LogP contribution in [0.15, 0.2) is 49.6 Å². The van der Waals surface area contributed by atoms with Crippen LogP contribution < -0.4 is 4.90 Å². The molecular weight excluding hydrogens is 574 g/mol. The largest absolute Gasteiger partial charge is 0.396 e. The Morgan fingerprint density at radius 2 is 1.92 bits per heavy atom. The minimum atomic E-state index is -1.17. The van der Waals surface area contributed by atoms with Gasteiger partial charge in [0.25, 0.3) is 5.91 Å². The molecule has 1 aromatic carbocycles. The third kappa shape index (κ3) is 4.83. The van der Waals surface area contributed by atoms with Crippen molar-refractivity contribution in [3.63, 3.8) is 0 Å². The number of likely N-dealkylation sites (tertiary alicyclic amines) is 1. The quantitative estimate of drug-likeness (QED) is 0.290. The van der Waals surface area contributed by atoms with Gasteiger partial charge in [0, 0.05) is 48.3 Å². The second-order valence-electron chi connectivity index (χ2n) is 10.1. The fraction of sp³-hybridized carbons (Fsp3) is 0.536. The predicted octanol–water partition coefficient (Wildman–Crippen LogP) is 3.41. The molecular formula is C28H35BrClN3O5. The fourth-order valence-electron chi connectivity index (χ4n) is 6.32. The highest BCUT2D eigenvalue weighted by molar-refractivity contribution is 9.09. The van der Waals surface area contributed by atoms with E-state index in [4.69, 9.17) is 16.3 Å². The van der Waals surface area contributed by atoms with Gasteiger partial charge in [-0.2, -0.15) is 0 Å². The van der Waals surface area contributed by atoms with Crippen LogP contribution in [0.4, 0.5) is 5.69 Å². The predicted molar refractivity (Wildman–Crippen MR) is 150 cm³/mol. The number of alkyl halides is 1. The summed E-state index contributed by atoms with van der Waals surface area (Å²) in [6.07, 6.45) is 4.26. The summed E-state index contributed by atoms with van der Waals surface area (Å²) < 4.78 is 6.59. The zero-order valence-electron chi connectivity index (χ0n) is 21.6. The molecule has 3 saturated heterocycles. The minimum Gasteiger partial charge on any atom is -0.396 e. The number of nitrogens with zero attached hydrogens (tertiary/aromatic N) is 3. The lowest BCUT2D eigenvalue weighted by molar-refractivity contribution is -0.145. The molecule has 3 aliphatic heterocycles.